The van der Waals surface area contributed by atoms with Crippen LogP contribution < -0.4 is 0 Å². The van der Waals surface area contributed by atoms with Crippen molar-refractivity contribution in [1.29, 1.82) is 0 Å². The van der Waals surface area contributed by atoms with E-state index in [-0.39, 0.29) is 5.75 Å². The average molecular weight is 121 g/mol. The highest BCUT2D eigenvalue weighted by Gasteiger charge is 1.91. The molecule has 9 heavy (non-hydrogen) atoms. The number of phenols is 1. The van der Waals surface area contributed by atoms with Gasteiger partial charge in [0.05, 0.1) is 0 Å². The van der Waals surface area contributed by atoms with E-state index in [2.05, 4.69) is 6.07 Å². The molecule has 0 spiro atoms. The van der Waals surface area contributed by atoms with Crippen LogP contribution in [0.2, 0.25) is 0 Å². The minimum Gasteiger partial charge on any atom is -0.507 e. The Hall–Kier alpha value is -0.980. The molecule has 0 bridgehead atoms. The Morgan fingerprint density at radius 3 is 2.44 bits per heavy atom. The van der Waals surface area contributed by atoms with Crippen molar-refractivity contribution in [3.05, 3.63) is 29.3 Å². The van der Waals surface area contributed by atoms with E-state index in [1.54, 1.807) is 12.1 Å². The maximum absolute atomic E-state index is 8.88. The molecule has 0 aliphatic heterocycles. The second kappa shape index (κ2) is 2.09. The van der Waals surface area contributed by atoms with E-state index >= 15 is 0 Å². The molecule has 1 aromatic carbocycles. The molecule has 1 aromatic rings. The lowest BCUT2D eigenvalue weighted by Crippen LogP contribution is -1.77. The highest BCUT2D eigenvalue weighted by molar-refractivity contribution is 5.31. The van der Waals surface area contributed by atoms with Crippen molar-refractivity contribution < 1.29 is 5.11 Å². The lowest BCUT2D eigenvalue weighted by atomic mass is 10.1. The zero-order valence-corrected chi connectivity index (χ0v) is 5.60. The number of aromatic hydroxyl groups is 1. The van der Waals surface area contributed by atoms with E-state index in [4.69, 9.17) is 5.11 Å². The molecule has 0 fully saturated rings. The fourth-order valence-corrected chi connectivity index (χ4v) is 0.657. The van der Waals surface area contributed by atoms with Gasteiger partial charge in [0.15, 0.2) is 0 Å². The minimum absolute atomic E-state index is 0.220. The summed E-state index contributed by atoms with van der Waals surface area (Å²) in [5, 5.41) is 8.88. The van der Waals surface area contributed by atoms with Crippen molar-refractivity contribution in [3.8, 4) is 5.75 Å². The zero-order valence-electron chi connectivity index (χ0n) is 5.60. The number of hydrogen-bond donors (Lipinski definition) is 1. The Bertz CT molecular complexity index is 216. The SMILES string of the molecule is Cc1c[c]c(O)cc1C. The summed E-state index contributed by atoms with van der Waals surface area (Å²) in [6.07, 6.45) is 0. The molecule has 0 atom stereocenters. The molecule has 0 aromatic heterocycles. The van der Waals surface area contributed by atoms with E-state index in [1.165, 1.54) is 0 Å². The normalized spacial score (nSPS) is 9.56. The number of benzene rings is 1. The van der Waals surface area contributed by atoms with E-state index in [0.29, 0.717) is 0 Å². The van der Waals surface area contributed by atoms with Crippen LogP contribution in [0.4, 0.5) is 0 Å². The first-order valence-electron chi connectivity index (χ1n) is 2.88. The van der Waals surface area contributed by atoms with Crippen LogP contribution in [-0.4, -0.2) is 5.11 Å². The molecule has 1 rings (SSSR count). The van der Waals surface area contributed by atoms with Crippen LogP contribution >= 0.6 is 0 Å². The molecule has 0 saturated carbocycles. The number of rotatable bonds is 0. The summed E-state index contributed by atoms with van der Waals surface area (Å²) < 4.78 is 0. The molecule has 1 N–H and O–H groups in total. The van der Waals surface area contributed by atoms with Crippen LogP contribution in [0.25, 0.3) is 0 Å². The second-order valence-electron chi connectivity index (χ2n) is 2.18. The number of hydrogen-bond acceptors (Lipinski definition) is 1. The van der Waals surface area contributed by atoms with Gasteiger partial charge < -0.3 is 5.11 Å². The van der Waals surface area contributed by atoms with Crippen molar-refractivity contribution in [3.63, 3.8) is 0 Å². The summed E-state index contributed by atoms with van der Waals surface area (Å²) in [6.45, 7) is 3.95. The van der Waals surface area contributed by atoms with Crippen molar-refractivity contribution in [2.75, 3.05) is 0 Å². The van der Waals surface area contributed by atoms with Crippen molar-refractivity contribution in [1.82, 2.24) is 0 Å². The first-order valence-corrected chi connectivity index (χ1v) is 2.88. The van der Waals surface area contributed by atoms with Crippen LogP contribution in [0.3, 0.4) is 0 Å². The molecule has 0 aliphatic carbocycles. The lowest BCUT2D eigenvalue weighted by molar-refractivity contribution is 0.473. The van der Waals surface area contributed by atoms with Gasteiger partial charge in [-0.15, -0.1) is 0 Å². The molecule has 1 nitrogen and oxygen atoms in total. The minimum atomic E-state index is 0.220. The van der Waals surface area contributed by atoms with Gasteiger partial charge in [-0.3, -0.25) is 0 Å². The van der Waals surface area contributed by atoms with E-state index in [1.807, 2.05) is 13.8 Å². The summed E-state index contributed by atoms with van der Waals surface area (Å²) in [5.74, 6) is 0.220. The summed E-state index contributed by atoms with van der Waals surface area (Å²) in [5.41, 5.74) is 2.26. The first-order chi connectivity index (χ1) is 4.20. The summed E-state index contributed by atoms with van der Waals surface area (Å²) in [4.78, 5) is 0. The van der Waals surface area contributed by atoms with Crippen LogP contribution in [-0.2, 0) is 0 Å². The number of aryl methyl sites for hydroxylation is 2. The van der Waals surface area contributed by atoms with Crippen LogP contribution in [0.5, 0.6) is 5.75 Å². The predicted molar refractivity (Wildman–Crippen MR) is 36.4 cm³/mol. The zero-order chi connectivity index (χ0) is 6.85. The summed E-state index contributed by atoms with van der Waals surface area (Å²) >= 11 is 0. The highest BCUT2D eigenvalue weighted by Crippen LogP contribution is 2.12. The van der Waals surface area contributed by atoms with E-state index < -0.39 is 0 Å². The van der Waals surface area contributed by atoms with Crippen molar-refractivity contribution in [2.24, 2.45) is 0 Å². The molecule has 0 amide bonds. The lowest BCUT2D eigenvalue weighted by Gasteiger charge is -1.96. The van der Waals surface area contributed by atoms with E-state index in [0.717, 1.165) is 11.1 Å². The molecule has 1 radical (unpaired) electrons. The monoisotopic (exact) mass is 121 g/mol. The van der Waals surface area contributed by atoms with Gasteiger partial charge in [0, 0.05) is 6.07 Å². The second-order valence-corrected chi connectivity index (χ2v) is 2.18. The molecule has 0 unspecified atom stereocenters. The van der Waals surface area contributed by atoms with Crippen molar-refractivity contribution >= 4 is 0 Å². The topological polar surface area (TPSA) is 20.2 Å². The molecule has 0 saturated heterocycles. The first kappa shape index (κ1) is 6.14. The van der Waals surface area contributed by atoms with Gasteiger partial charge in [-0.05, 0) is 37.1 Å². The Morgan fingerprint density at radius 2 is 2.00 bits per heavy atom. The third-order valence-electron chi connectivity index (χ3n) is 1.41. The maximum Gasteiger partial charge on any atom is 0.123 e. The average Bonchev–Trinajstić information content (AvgIpc) is 1.80. The van der Waals surface area contributed by atoms with Crippen LogP contribution in [0.1, 0.15) is 11.1 Å². The van der Waals surface area contributed by atoms with Gasteiger partial charge in [-0.1, -0.05) is 0 Å². The van der Waals surface area contributed by atoms with Crippen LogP contribution in [0.15, 0.2) is 12.1 Å². The van der Waals surface area contributed by atoms with Gasteiger partial charge in [-0.25, -0.2) is 0 Å². The smallest absolute Gasteiger partial charge is 0.123 e. The Balaban J connectivity index is 3.17. The van der Waals surface area contributed by atoms with Gasteiger partial charge >= 0.3 is 0 Å². The standard InChI is InChI=1S/C8H9O/c1-6-3-4-8(9)5-7(6)2/h3,5,9H,1-2H3. The molecule has 0 heterocycles. The Kier molecular flexibility index (Phi) is 1.43. The molecule has 47 valence electrons. The van der Waals surface area contributed by atoms with Crippen LogP contribution in [0, 0.1) is 19.9 Å². The third-order valence-corrected chi connectivity index (χ3v) is 1.41. The summed E-state index contributed by atoms with van der Waals surface area (Å²) in [6, 6.07) is 6.18. The maximum atomic E-state index is 8.88. The number of phenolic OH excluding ortho intramolecular Hbond substituents is 1. The fraction of sp³-hybridized carbons (Fsp3) is 0.250. The molecular weight excluding hydrogens is 112 g/mol. The van der Waals surface area contributed by atoms with Gasteiger partial charge in [0.1, 0.15) is 5.75 Å². The largest absolute Gasteiger partial charge is 0.507 e. The highest BCUT2D eigenvalue weighted by atomic mass is 16.3. The molecular formula is C8H9O. The third kappa shape index (κ3) is 1.22. The quantitative estimate of drug-likeness (QED) is 0.555. The van der Waals surface area contributed by atoms with Crippen molar-refractivity contribution in [2.45, 2.75) is 13.8 Å². The molecule has 1 heteroatoms. The van der Waals surface area contributed by atoms with Gasteiger partial charge in [0.2, 0.25) is 0 Å². The predicted octanol–water partition coefficient (Wildman–Crippen LogP) is 1.81. The Labute approximate surface area is 55.0 Å². The molecule has 0 aliphatic rings. The van der Waals surface area contributed by atoms with Gasteiger partial charge in [-0.2, -0.15) is 0 Å². The summed E-state index contributed by atoms with van der Waals surface area (Å²) in [7, 11) is 0. The van der Waals surface area contributed by atoms with Gasteiger partial charge in [0.25, 0.3) is 0 Å². The van der Waals surface area contributed by atoms with E-state index in [9.17, 15) is 0 Å². The fourth-order valence-electron chi connectivity index (χ4n) is 0.657. The Morgan fingerprint density at radius 1 is 1.33 bits per heavy atom.